The molecule has 1 aromatic heterocycles. The number of nitrogens with zero attached hydrogens (tertiary/aromatic N) is 5. The van der Waals surface area contributed by atoms with Crippen LogP contribution in [-0.4, -0.2) is 71.7 Å². The van der Waals surface area contributed by atoms with Gasteiger partial charge in [0.15, 0.2) is 0 Å². The quantitative estimate of drug-likeness (QED) is 0.835. The number of hydrogen-bond acceptors (Lipinski definition) is 5. The van der Waals surface area contributed by atoms with Crippen molar-refractivity contribution in [1.29, 1.82) is 0 Å². The maximum atomic E-state index is 12.1. The highest BCUT2D eigenvalue weighted by Crippen LogP contribution is 2.20. The zero-order valence-corrected chi connectivity index (χ0v) is 15.0. The summed E-state index contributed by atoms with van der Waals surface area (Å²) in [6.07, 6.45) is 4.34. The van der Waals surface area contributed by atoms with E-state index in [2.05, 4.69) is 31.8 Å². The van der Waals surface area contributed by atoms with Crippen molar-refractivity contribution in [1.82, 2.24) is 19.4 Å². The normalized spacial score (nSPS) is 19.8. The van der Waals surface area contributed by atoms with E-state index in [0.717, 1.165) is 31.7 Å². The number of rotatable bonds is 4. The van der Waals surface area contributed by atoms with Gasteiger partial charge in [0.2, 0.25) is 0 Å². The lowest BCUT2D eigenvalue weighted by Crippen LogP contribution is -2.48. The van der Waals surface area contributed by atoms with Crippen molar-refractivity contribution in [2.45, 2.75) is 12.8 Å². The van der Waals surface area contributed by atoms with Crippen molar-refractivity contribution in [2.24, 2.45) is 7.05 Å². The van der Waals surface area contributed by atoms with Crippen LogP contribution >= 0.6 is 0 Å². The van der Waals surface area contributed by atoms with Gasteiger partial charge in [0.05, 0.1) is 17.2 Å². The first-order valence-corrected chi connectivity index (χ1v) is 9.36. The molecular formula is C19H27N5O. The lowest BCUT2D eigenvalue weighted by atomic mass is 10.2. The van der Waals surface area contributed by atoms with Crippen LogP contribution in [0.25, 0.3) is 10.9 Å². The molecule has 0 N–H and O–H groups in total. The molecule has 25 heavy (non-hydrogen) atoms. The highest BCUT2D eigenvalue weighted by atomic mass is 16.1. The zero-order valence-electron chi connectivity index (χ0n) is 15.0. The molecule has 6 nitrogen and oxygen atoms in total. The first-order valence-electron chi connectivity index (χ1n) is 9.36. The average Bonchev–Trinajstić information content (AvgIpc) is 3.17. The monoisotopic (exact) mass is 341 g/mol. The topological polar surface area (TPSA) is 44.6 Å². The van der Waals surface area contributed by atoms with Crippen molar-refractivity contribution in [3.05, 3.63) is 34.9 Å². The van der Waals surface area contributed by atoms with Crippen molar-refractivity contribution in [3.8, 4) is 0 Å². The molecule has 1 aromatic carbocycles. The summed E-state index contributed by atoms with van der Waals surface area (Å²) in [7, 11) is 1.74. The van der Waals surface area contributed by atoms with E-state index in [1.807, 2.05) is 6.07 Å². The van der Waals surface area contributed by atoms with Crippen LogP contribution in [0.15, 0.2) is 29.3 Å². The summed E-state index contributed by atoms with van der Waals surface area (Å²) in [6, 6.07) is 6.03. The van der Waals surface area contributed by atoms with Crippen LogP contribution in [0.1, 0.15) is 12.8 Å². The van der Waals surface area contributed by atoms with E-state index in [4.69, 9.17) is 0 Å². The number of aromatic nitrogens is 2. The predicted octanol–water partition coefficient (Wildman–Crippen LogP) is 1.15. The van der Waals surface area contributed by atoms with Gasteiger partial charge in [-0.15, -0.1) is 0 Å². The lowest BCUT2D eigenvalue weighted by Gasteiger charge is -2.36. The van der Waals surface area contributed by atoms with Gasteiger partial charge in [0.1, 0.15) is 0 Å². The molecule has 0 spiro atoms. The molecule has 3 heterocycles. The first-order chi connectivity index (χ1) is 12.2. The second-order valence-electron chi connectivity index (χ2n) is 7.24. The molecule has 0 unspecified atom stereocenters. The molecule has 6 heteroatoms. The van der Waals surface area contributed by atoms with Gasteiger partial charge in [0.25, 0.3) is 5.56 Å². The number of hydrogen-bond donors (Lipinski definition) is 0. The van der Waals surface area contributed by atoms with Crippen LogP contribution in [0.5, 0.6) is 0 Å². The fourth-order valence-electron chi connectivity index (χ4n) is 3.91. The number of benzene rings is 1. The third kappa shape index (κ3) is 3.55. The van der Waals surface area contributed by atoms with Crippen LogP contribution in [0, 0.1) is 0 Å². The Bertz CT molecular complexity index is 788. The summed E-state index contributed by atoms with van der Waals surface area (Å²) < 4.78 is 1.53. The standard InChI is InChI=1S/C19H27N5O/c1-21-15-20-18-14-16(4-5-17(18)19(21)25)24-12-10-23(11-13-24)9-8-22-6-2-3-7-22/h4-5,14-15H,2-3,6-13H2,1H3. The van der Waals surface area contributed by atoms with Gasteiger partial charge in [0, 0.05) is 52.0 Å². The molecule has 2 saturated heterocycles. The van der Waals surface area contributed by atoms with Crippen LogP contribution in [0.4, 0.5) is 5.69 Å². The summed E-state index contributed by atoms with van der Waals surface area (Å²) >= 11 is 0. The van der Waals surface area contributed by atoms with Crippen LogP contribution < -0.4 is 10.5 Å². The third-order valence-electron chi connectivity index (χ3n) is 5.57. The number of aryl methyl sites for hydroxylation is 1. The third-order valence-corrected chi connectivity index (χ3v) is 5.57. The average molecular weight is 341 g/mol. The van der Waals surface area contributed by atoms with Gasteiger partial charge in [-0.2, -0.15) is 0 Å². The minimum atomic E-state index is 0.0169. The Hall–Kier alpha value is -1.92. The number of anilines is 1. The Labute approximate surface area is 148 Å². The smallest absolute Gasteiger partial charge is 0.260 e. The van der Waals surface area contributed by atoms with Crippen LogP contribution in [-0.2, 0) is 7.05 Å². The molecule has 4 rings (SSSR count). The van der Waals surface area contributed by atoms with Crippen molar-refractivity contribution >= 4 is 16.6 Å². The Morgan fingerprint density at radius 3 is 2.36 bits per heavy atom. The highest BCUT2D eigenvalue weighted by Gasteiger charge is 2.19. The van der Waals surface area contributed by atoms with Crippen molar-refractivity contribution in [3.63, 3.8) is 0 Å². The van der Waals surface area contributed by atoms with Crippen LogP contribution in [0.2, 0.25) is 0 Å². The number of likely N-dealkylation sites (tertiary alicyclic amines) is 1. The molecule has 0 atom stereocenters. The predicted molar refractivity (Wildman–Crippen MR) is 101 cm³/mol. The highest BCUT2D eigenvalue weighted by molar-refractivity contribution is 5.81. The Kier molecular flexibility index (Phi) is 4.72. The SMILES string of the molecule is Cn1cnc2cc(N3CCN(CCN4CCCC4)CC3)ccc2c1=O. The summed E-state index contributed by atoms with van der Waals surface area (Å²) in [5.41, 5.74) is 1.98. The minimum Gasteiger partial charge on any atom is -0.369 e. The van der Waals surface area contributed by atoms with Gasteiger partial charge in [-0.1, -0.05) is 0 Å². The first kappa shape index (κ1) is 16.5. The Balaban J connectivity index is 1.38. The van der Waals surface area contributed by atoms with E-state index in [9.17, 15) is 4.79 Å². The van der Waals surface area contributed by atoms with E-state index >= 15 is 0 Å². The molecule has 2 aliphatic heterocycles. The Morgan fingerprint density at radius 2 is 1.64 bits per heavy atom. The fourth-order valence-corrected chi connectivity index (χ4v) is 3.91. The summed E-state index contributed by atoms with van der Waals surface area (Å²) in [6.45, 7) is 9.25. The zero-order chi connectivity index (χ0) is 17.2. The molecule has 2 aromatic rings. The lowest BCUT2D eigenvalue weighted by molar-refractivity contribution is 0.215. The summed E-state index contributed by atoms with van der Waals surface area (Å²) in [5.74, 6) is 0. The molecule has 0 aliphatic carbocycles. The molecule has 0 radical (unpaired) electrons. The molecule has 134 valence electrons. The van der Waals surface area contributed by atoms with Crippen molar-refractivity contribution < 1.29 is 0 Å². The van der Waals surface area contributed by atoms with E-state index in [0.29, 0.717) is 5.39 Å². The minimum absolute atomic E-state index is 0.0169. The van der Waals surface area contributed by atoms with Gasteiger partial charge < -0.3 is 14.4 Å². The second kappa shape index (κ2) is 7.14. The van der Waals surface area contributed by atoms with Gasteiger partial charge >= 0.3 is 0 Å². The Morgan fingerprint density at radius 1 is 0.960 bits per heavy atom. The van der Waals surface area contributed by atoms with Gasteiger partial charge in [-0.05, 0) is 44.1 Å². The number of fused-ring (bicyclic) bond motifs is 1. The maximum absolute atomic E-state index is 12.1. The number of piperazine rings is 1. The van der Waals surface area contributed by atoms with Gasteiger partial charge in [-0.25, -0.2) is 4.98 Å². The van der Waals surface area contributed by atoms with E-state index in [1.165, 1.54) is 49.3 Å². The second-order valence-corrected chi connectivity index (χ2v) is 7.24. The summed E-state index contributed by atoms with van der Waals surface area (Å²) in [4.78, 5) is 24.1. The van der Waals surface area contributed by atoms with Crippen molar-refractivity contribution in [2.75, 3.05) is 57.3 Å². The molecule has 2 aliphatic rings. The van der Waals surface area contributed by atoms with E-state index in [-0.39, 0.29) is 5.56 Å². The molecule has 2 fully saturated rings. The molecule has 0 amide bonds. The molecule has 0 bridgehead atoms. The van der Waals surface area contributed by atoms with E-state index < -0.39 is 0 Å². The summed E-state index contributed by atoms with van der Waals surface area (Å²) in [5, 5.41) is 0.693. The van der Waals surface area contributed by atoms with Crippen LogP contribution in [0.3, 0.4) is 0 Å². The molecular weight excluding hydrogens is 314 g/mol. The van der Waals surface area contributed by atoms with E-state index in [1.54, 1.807) is 13.4 Å². The fraction of sp³-hybridized carbons (Fsp3) is 0.579. The molecule has 0 saturated carbocycles. The largest absolute Gasteiger partial charge is 0.369 e. The maximum Gasteiger partial charge on any atom is 0.260 e. The van der Waals surface area contributed by atoms with Gasteiger partial charge in [-0.3, -0.25) is 9.69 Å².